The van der Waals surface area contributed by atoms with Gasteiger partial charge in [0.2, 0.25) is 0 Å². The second-order valence-corrected chi connectivity index (χ2v) is 13.4. The summed E-state index contributed by atoms with van der Waals surface area (Å²) in [4.78, 5) is 0. The quantitative estimate of drug-likeness (QED) is 0.549. The van der Waals surface area contributed by atoms with E-state index in [0.717, 1.165) is 66.4 Å². The predicted octanol–water partition coefficient (Wildman–Crippen LogP) is 5.14. The Balaban J connectivity index is 1.03. The van der Waals surface area contributed by atoms with Gasteiger partial charge < -0.3 is 10.1 Å². The van der Waals surface area contributed by atoms with Crippen LogP contribution in [0.5, 0.6) is 0 Å². The molecule has 6 rings (SSSR count). The Bertz CT molecular complexity index is 635. The Morgan fingerprint density at radius 1 is 0.636 bits per heavy atom. The Kier molecular flexibility index (Phi) is 7.09. The minimum atomic E-state index is 0.612. The molecule has 4 heteroatoms. The van der Waals surface area contributed by atoms with Gasteiger partial charge in [-0.3, -0.25) is 10.9 Å². The van der Waals surface area contributed by atoms with E-state index >= 15 is 0 Å². The molecule has 0 aromatic carbocycles. The normalized spacial score (nSPS) is 53.3. The maximum absolute atomic E-state index is 5.98. The van der Waals surface area contributed by atoms with Gasteiger partial charge in [0, 0.05) is 25.2 Å². The van der Waals surface area contributed by atoms with Gasteiger partial charge in [0.1, 0.15) is 0 Å². The Morgan fingerprint density at radius 2 is 1.36 bits per heavy atom. The molecular weight excluding hydrogens is 406 g/mol. The molecule has 3 aliphatic carbocycles. The van der Waals surface area contributed by atoms with Crippen molar-refractivity contribution >= 4 is 0 Å². The highest BCUT2D eigenvalue weighted by atomic mass is 16.5. The number of hydrogen-bond acceptors (Lipinski definition) is 4. The van der Waals surface area contributed by atoms with E-state index in [1.165, 1.54) is 83.6 Å². The number of nitrogens with one attached hydrogen (secondary N) is 3. The van der Waals surface area contributed by atoms with Crippen molar-refractivity contribution < 1.29 is 4.74 Å². The molecule has 6 fully saturated rings. The van der Waals surface area contributed by atoms with E-state index in [2.05, 4.69) is 30.0 Å². The van der Waals surface area contributed by atoms with Gasteiger partial charge in [0.05, 0.1) is 6.10 Å². The lowest BCUT2D eigenvalue weighted by atomic mass is 9.59. The van der Waals surface area contributed by atoms with Crippen LogP contribution in [-0.4, -0.2) is 37.9 Å². The first-order valence-electron chi connectivity index (χ1n) is 15.0. The summed E-state index contributed by atoms with van der Waals surface area (Å²) in [6.07, 6.45) is 18.1. The number of fused-ring (bicyclic) bond motifs is 2. The Morgan fingerprint density at radius 3 is 2.15 bits per heavy atom. The van der Waals surface area contributed by atoms with E-state index in [1.807, 2.05) is 0 Å². The van der Waals surface area contributed by atoms with Crippen LogP contribution < -0.4 is 16.2 Å². The molecular formula is C29H51N3O. The van der Waals surface area contributed by atoms with Crippen molar-refractivity contribution in [3.8, 4) is 0 Å². The third-order valence-corrected chi connectivity index (χ3v) is 11.7. The average Bonchev–Trinajstić information content (AvgIpc) is 3.32. The van der Waals surface area contributed by atoms with E-state index in [-0.39, 0.29) is 0 Å². The van der Waals surface area contributed by atoms with E-state index < -0.39 is 0 Å². The number of piperidine rings is 1. The van der Waals surface area contributed by atoms with Crippen LogP contribution in [0, 0.1) is 53.3 Å². The highest BCUT2D eigenvalue weighted by molar-refractivity contribution is 5.01. The summed E-state index contributed by atoms with van der Waals surface area (Å²) in [6.45, 7) is 8.59. The molecule has 4 nitrogen and oxygen atoms in total. The number of rotatable bonds is 3. The molecule has 6 aliphatic rings. The molecule has 0 amide bonds. The topological polar surface area (TPSA) is 45.3 Å². The monoisotopic (exact) mass is 457 g/mol. The molecule has 33 heavy (non-hydrogen) atoms. The minimum Gasteiger partial charge on any atom is -0.378 e. The molecule has 188 valence electrons. The molecule has 3 aliphatic heterocycles. The fourth-order valence-corrected chi connectivity index (χ4v) is 10.1. The Hall–Kier alpha value is -0.160. The molecule has 8 atom stereocenters. The van der Waals surface area contributed by atoms with Crippen molar-refractivity contribution in [2.75, 3.05) is 19.7 Å². The summed E-state index contributed by atoms with van der Waals surface area (Å²) in [5.74, 6) is 8.26. The van der Waals surface area contributed by atoms with Crippen molar-refractivity contribution in [1.29, 1.82) is 0 Å². The molecule has 3 heterocycles. The summed E-state index contributed by atoms with van der Waals surface area (Å²) in [5, 5.41) is 3.92. The number of ether oxygens (including phenoxy) is 1. The molecule has 3 N–H and O–H groups in total. The molecule has 3 saturated heterocycles. The zero-order valence-corrected chi connectivity index (χ0v) is 21.4. The smallest absolute Gasteiger partial charge is 0.0604 e. The van der Waals surface area contributed by atoms with Crippen LogP contribution >= 0.6 is 0 Å². The van der Waals surface area contributed by atoms with E-state index in [4.69, 9.17) is 4.74 Å². The van der Waals surface area contributed by atoms with Gasteiger partial charge in [-0.2, -0.15) is 0 Å². The fraction of sp³-hybridized carbons (Fsp3) is 1.00. The average molecular weight is 458 g/mol. The van der Waals surface area contributed by atoms with Gasteiger partial charge in [-0.25, -0.2) is 0 Å². The predicted molar refractivity (Wildman–Crippen MR) is 135 cm³/mol. The van der Waals surface area contributed by atoms with Crippen molar-refractivity contribution in [1.82, 2.24) is 16.2 Å². The van der Waals surface area contributed by atoms with Crippen LogP contribution in [0.25, 0.3) is 0 Å². The number of hydrogen-bond donors (Lipinski definition) is 3. The minimum absolute atomic E-state index is 0.612. The highest BCUT2D eigenvalue weighted by Gasteiger charge is 2.47. The molecule has 0 aromatic rings. The van der Waals surface area contributed by atoms with E-state index in [1.54, 1.807) is 0 Å². The van der Waals surface area contributed by atoms with E-state index in [0.29, 0.717) is 18.2 Å². The standard InChI is InChI=1S/C29H51N3O/c1-18-14-25(15-19(2)27(18)29-28-24(17-31-32-29)4-3-12-30-28)21-7-5-20(6-8-21)22-9-10-26-23(16-22)11-13-33-26/h18-32H,3-17H2,1-2H3. The molecule has 0 bridgehead atoms. The summed E-state index contributed by atoms with van der Waals surface area (Å²) in [6, 6.07) is 1.29. The van der Waals surface area contributed by atoms with Gasteiger partial charge in [-0.05, 0) is 137 Å². The molecule has 0 aromatic heterocycles. The first-order chi connectivity index (χ1) is 16.2. The van der Waals surface area contributed by atoms with Crippen LogP contribution in [0.4, 0.5) is 0 Å². The van der Waals surface area contributed by atoms with Crippen LogP contribution in [0.2, 0.25) is 0 Å². The second kappa shape index (κ2) is 10.1. The maximum Gasteiger partial charge on any atom is 0.0604 e. The fourth-order valence-electron chi connectivity index (χ4n) is 10.1. The summed E-state index contributed by atoms with van der Waals surface area (Å²) < 4.78 is 5.98. The van der Waals surface area contributed by atoms with Gasteiger partial charge in [0.15, 0.2) is 0 Å². The summed E-state index contributed by atoms with van der Waals surface area (Å²) >= 11 is 0. The molecule has 0 radical (unpaired) electrons. The van der Waals surface area contributed by atoms with Crippen LogP contribution in [0.1, 0.15) is 90.9 Å². The Labute approximate surface area is 203 Å². The lowest BCUT2D eigenvalue weighted by Crippen LogP contribution is -2.68. The first kappa shape index (κ1) is 23.3. The van der Waals surface area contributed by atoms with Gasteiger partial charge in [0.25, 0.3) is 0 Å². The lowest BCUT2D eigenvalue weighted by molar-refractivity contribution is 0.00484. The van der Waals surface area contributed by atoms with Crippen molar-refractivity contribution in [3.63, 3.8) is 0 Å². The van der Waals surface area contributed by atoms with Crippen molar-refractivity contribution in [3.05, 3.63) is 0 Å². The van der Waals surface area contributed by atoms with Crippen molar-refractivity contribution in [2.24, 2.45) is 53.3 Å². The van der Waals surface area contributed by atoms with Crippen LogP contribution in [-0.2, 0) is 4.74 Å². The van der Waals surface area contributed by atoms with Gasteiger partial charge in [-0.1, -0.05) is 13.8 Å². The number of hydrazine groups is 1. The summed E-state index contributed by atoms with van der Waals surface area (Å²) in [7, 11) is 0. The molecule has 3 saturated carbocycles. The largest absolute Gasteiger partial charge is 0.378 e. The molecule has 0 spiro atoms. The summed E-state index contributed by atoms with van der Waals surface area (Å²) in [5.41, 5.74) is 7.38. The van der Waals surface area contributed by atoms with Gasteiger partial charge >= 0.3 is 0 Å². The third kappa shape index (κ3) is 4.68. The highest BCUT2D eigenvalue weighted by Crippen LogP contribution is 2.50. The zero-order valence-electron chi connectivity index (χ0n) is 21.4. The second-order valence-electron chi connectivity index (χ2n) is 13.4. The van der Waals surface area contributed by atoms with Gasteiger partial charge in [-0.15, -0.1) is 0 Å². The molecule has 8 unspecified atom stereocenters. The zero-order chi connectivity index (χ0) is 22.4. The third-order valence-electron chi connectivity index (χ3n) is 11.7. The van der Waals surface area contributed by atoms with Crippen LogP contribution in [0.3, 0.4) is 0 Å². The lowest BCUT2D eigenvalue weighted by Gasteiger charge is -2.52. The van der Waals surface area contributed by atoms with E-state index in [9.17, 15) is 0 Å². The first-order valence-corrected chi connectivity index (χ1v) is 15.0. The SMILES string of the molecule is CC1CC(C2CCC(C3CCC4OCCC4C3)CC2)CC(C)C1C1NNCC2CCCNC21. The van der Waals surface area contributed by atoms with Crippen LogP contribution in [0.15, 0.2) is 0 Å². The maximum atomic E-state index is 5.98. The van der Waals surface area contributed by atoms with Crippen molar-refractivity contribution in [2.45, 2.75) is 109 Å².